The minimum absolute atomic E-state index is 0.102. The molecular formula is C23H28N2O5. The SMILES string of the molecule is CC(C)(C)OC(=O)N1CCC(C(=O)O)(c2ccccn2)C(OCc2ccccc2)C1. The van der Waals surface area contributed by atoms with Crippen LogP contribution in [0.5, 0.6) is 0 Å². The van der Waals surface area contributed by atoms with E-state index in [1.807, 2.05) is 30.3 Å². The Hall–Kier alpha value is -2.93. The van der Waals surface area contributed by atoms with Crippen LogP contribution in [0.1, 0.15) is 38.4 Å². The number of aliphatic carboxylic acids is 1. The second-order valence-electron chi connectivity index (χ2n) is 8.45. The lowest BCUT2D eigenvalue weighted by Crippen LogP contribution is -2.60. The van der Waals surface area contributed by atoms with Crippen LogP contribution in [0, 0.1) is 0 Å². The maximum absolute atomic E-state index is 12.6. The van der Waals surface area contributed by atoms with Crippen molar-refractivity contribution >= 4 is 12.1 Å². The summed E-state index contributed by atoms with van der Waals surface area (Å²) in [6.45, 7) is 5.97. The second kappa shape index (κ2) is 8.83. The fraction of sp³-hybridized carbons (Fsp3) is 0.435. The predicted molar refractivity (Wildman–Crippen MR) is 111 cm³/mol. The van der Waals surface area contributed by atoms with Gasteiger partial charge < -0.3 is 19.5 Å². The van der Waals surface area contributed by atoms with Gasteiger partial charge >= 0.3 is 12.1 Å². The standard InChI is InChI=1S/C23H28N2O5/c1-22(2,3)30-21(28)25-14-12-23(20(26)27,18-11-7-8-13-24-18)19(15-25)29-16-17-9-5-4-6-10-17/h4-11,13,19H,12,14-16H2,1-3H3,(H,26,27). The minimum atomic E-state index is -1.35. The Balaban J connectivity index is 1.90. The lowest BCUT2D eigenvalue weighted by Gasteiger charge is -2.44. The molecule has 160 valence electrons. The van der Waals surface area contributed by atoms with E-state index in [1.54, 1.807) is 45.2 Å². The van der Waals surface area contributed by atoms with Crippen molar-refractivity contribution in [2.75, 3.05) is 13.1 Å². The number of aromatic nitrogens is 1. The molecule has 1 aromatic heterocycles. The number of hydrogen-bond donors (Lipinski definition) is 1. The summed E-state index contributed by atoms with van der Waals surface area (Å²) in [5.41, 5.74) is -0.638. The zero-order chi connectivity index (χ0) is 21.8. The molecule has 0 radical (unpaired) electrons. The first kappa shape index (κ1) is 21.8. The van der Waals surface area contributed by atoms with Crippen LogP contribution in [-0.2, 0) is 26.3 Å². The number of benzene rings is 1. The summed E-state index contributed by atoms with van der Waals surface area (Å²) >= 11 is 0. The number of rotatable bonds is 5. The van der Waals surface area contributed by atoms with E-state index in [2.05, 4.69) is 4.98 Å². The van der Waals surface area contributed by atoms with Crippen molar-refractivity contribution < 1.29 is 24.2 Å². The number of carbonyl (C=O) groups excluding carboxylic acids is 1. The van der Waals surface area contributed by atoms with E-state index in [4.69, 9.17) is 9.47 Å². The lowest BCUT2D eigenvalue weighted by molar-refractivity contribution is -0.157. The summed E-state index contributed by atoms with van der Waals surface area (Å²) in [6, 6.07) is 14.7. The highest BCUT2D eigenvalue weighted by atomic mass is 16.6. The zero-order valence-electron chi connectivity index (χ0n) is 17.6. The number of likely N-dealkylation sites (tertiary alicyclic amines) is 1. The highest BCUT2D eigenvalue weighted by Gasteiger charge is 2.53. The number of hydrogen-bond acceptors (Lipinski definition) is 5. The molecule has 0 aliphatic carbocycles. The van der Waals surface area contributed by atoms with Gasteiger partial charge in [0.15, 0.2) is 0 Å². The van der Waals surface area contributed by atoms with E-state index in [0.717, 1.165) is 5.56 Å². The zero-order valence-corrected chi connectivity index (χ0v) is 17.6. The van der Waals surface area contributed by atoms with Gasteiger partial charge in [0.1, 0.15) is 11.0 Å². The molecule has 2 unspecified atom stereocenters. The quantitative estimate of drug-likeness (QED) is 0.807. The molecule has 1 N–H and O–H groups in total. The largest absolute Gasteiger partial charge is 0.480 e. The average molecular weight is 412 g/mol. The van der Waals surface area contributed by atoms with E-state index in [9.17, 15) is 14.7 Å². The Morgan fingerprint density at radius 3 is 2.47 bits per heavy atom. The van der Waals surface area contributed by atoms with Crippen LogP contribution in [0.4, 0.5) is 4.79 Å². The molecule has 0 bridgehead atoms. The van der Waals surface area contributed by atoms with Gasteiger partial charge in [-0.3, -0.25) is 9.78 Å². The molecule has 7 nitrogen and oxygen atoms in total. The van der Waals surface area contributed by atoms with E-state index >= 15 is 0 Å². The third kappa shape index (κ3) is 4.79. The van der Waals surface area contributed by atoms with Crippen LogP contribution >= 0.6 is 0 Å². The average Bonchev–Trinajstić information content (AvgIpc) is 2.72. The Morgan fingerprint density at radius 1 is 1.17 bits per heavy atom. The summed E-state index contributed by atoms with van der Waals surface area (Å²) in [4.78, 5) is 31.0. The van der Waals surface area contributed by atoms with E-state index in [-0.39, 0.29) is 26.1 Å². The highest BCUT2D eigenvalue weighted by molar-refractivity contribution is 5.82. The Bertz CT molecular complexity index is 866. The van der Waals surface area contributed by atoms with Crippen LogP contribution in [0.15, 0.2) is 54.7 Å². The van der Waals surface area contributed by atoms with Gasteiger partial charge in [0.05, 0.1) is 24.9 Å². The number of nitrogens with zero attached hydrogens (tertiary/aromatic N) is 2. The molecule has 1 aliphatic rings. The number of carbonyl (C=O) groups is 2. The molecular weight excluding hydrogens is 384 g/mol. The van der Waals surface area contributed by atoms with Crippen molar-refractivity contribution in [1.82, 2.24) is 9.88 Å². The van der Waals surface area contributed by atoms with Gasteiger partial charge in [0, 0.05) is 12.7 Å². The van der Waals surface area contributed by atoms with Crippen LogP contribution in [-0.4, -0.2) is 51.8 Å². The number of pyridine rings is 1. The molecule has 2 atom stereocenters. The smallest absolute Gasteiger partial charge is 0.410 e. The molecule has 1 amide bonds. The van der Waals surface area contributed by atoms with Crippen molar-refractivity contribution in [1.29, 1.82) is 0 Å². The summed E-state index contributed by atoms with van der Waals surface area (Å²) in [5.74, 6) is -1.01. The molecule has 1 fully saturated rings. The van der Waals surface area contributed by atoms with E-state index in [0.29, 0.717) is 5.69 Å². The van der Waals surface area contributed by atoms with Gasteiger partial charge in [-0.15, -0.1) is 0 Å². The van der Waals surface area contributed by atoms with Crippen molar-refractivity contribution in [2.45, 2.75) is 50.9 Å². The molecule has 30 heavy (non-hydrogen) atoms. The Labute approximate surface area is 176 Å². The molecule has 1 aliphatic heterocycles. The monoisotopic (exact) mass is 412 g/mol. The van der Waals surface area contributed by atoms with E-state index in [1.165, 1.54) is 4.90 Å². The molecule has 0 spiro atoms. The molecule has 3 rings (SSSR count). The van der Waals surface area contributed by atoms with Crippen molar-refractivity contribution in [3.05, 3.63) is 66.0 Å². The number of ether oxygens (including phenoxy) is 2. The summed E-state index contributed by atoms with van der Waals surface area (Å²) in [6.07, 6.45) is 0.495. The lowest BCUT2D eigenvalue weighted by atomic mass is 9.73. The van der Waals surface area contributed by atoms with Crippen LogP contribution in [0.2, 0.25) is 0 Å². The first-order chi connectivity index (χ1) is 14.2. The number of carboxylic acid groups (broad SMARTS) is 1. The topological polar surface area (TPSA) is 89.0 Å². The molecule has 2 aromatic rings. The normalized spacial score (nSPS) is 21.8. The molecule has 1 aromatic carbocycles. The van der Waals surface area contributed by atoms with Crippen LogP contribution in [0.3, 0.4) is 0 Å². The van der Waals surface area contributed by atoms with Crippen molar-refractivity contribution in [3.8, 4) is 0 Å². The Morgan fingerprint density at radius 2 is 1.87 bits per heavy atom. The van der Waals surface area contributed by atoms with Gasteiger partial charge in [-0.2, -0.15) is 0 Å². The first-order valence-electron chi connectivity index (χ1n) is 10.0. The van der Waals surface area contributed by atoms with Gasteiger partial charge in [-0.05, 0) is 44.9 Å². The summed E-state index contributed by atoms with van der Waals surface area (Å²) in [7, 11) is 0. The fourth-order valence-electron chi connectivity index (χ4n) is 3.65. The van der Waals surface area contributed by atoms with Crippen molar-refractivity contribution in [3.63, 3.8) is 0 Å². The Kier molecular flexibility index (Phi) is 6.41. The molecule has 2 heterocycles. The van der Waals surface area contributed by atoms with Crippen LogP contribution in [0.25, 0.3) is 0 Å². The van der Waals surface area contributed by atoms with Gasteiger partial charge in [0.2, 0.25) is 0 Å². The first-order valence-corrected chi connectivity index (χ1v) is 10.0. The maximum Gasteiger partial charge on any atom is 0.410 e. The molecule has 0 saturated carbocycles. The number of amides is 1. The highest BCUT2D eigenvalue weighted by Crippen LogP contribution is 2.38. The van der Waals surface area contributed by atoms with Crippen molar-refractivity contribution in [2.24, 2.45) is 0 Å². The third-order valence-electron chi connectivity index (χ3n) is 5.16. The maximum atomic E-state index is 12.6. The van der Waals surface area contributed by atoms with E-state index < -0.39 is 29.2 Å². The van der Waals surface area contributed by atoms with Gasteiger partial charge in [-0.25, -0.2) is 4.79 Å². The number of piperidine rings is 1. The second-order valence-corrected chi connectivity index (χ2v) is 8.45. The summed E-state index contributed by atoms with van der Waals surface area (Å²) in [5, 5.41) is 10.3. The van der Waals surface area contributed by atoms with Gasteiger partial charge in [0.25, 0.3) is 0 Å². The fourth-order valence-corrected chi connectivity index (χ4v) is 3.65. The third-order valence-corrected chi connectivity index (χ3v) is 5.16. The predicted octanol–water partition coefficient (Wildman–Crippen LogP) is 3.63. The van der Waals surface area contributed by atoms with Gasteiger partial charge in [-0.1, -0.05) is 36.4 Å². The molecule has 7 heteroatoms. The molecule has 1 saturated heterocycles. The minimum Gasteiger partial charge on any atom is -0.480 e. The van der Waals surface area contributed by atoms with Crippen LogP contribution < -0.4 is 0 Å². The summed E-state index contributed by atoms with van der Waals surface area (Å²) < 4.78 is 11.6. The number of carboxylic acids is 1.